The summed E-state index contributed by atoms with van der Waals surface area (Å²) in [6.45, 7) is 5.20. The van der Waals surface area contributed by atoms with Crippen molar-refractivity contribution >= 4 is 45.1 Å². The van der Waals surface area contributed by atoms with Crippen molar-refractivity contribution in [3.8, 4) is 0 Å². The third-order valence-corrected chi connectivity index (χ3v) is 8.74. The van der Waals surface area contributed by atoms with Gasteiger partial charge >= 0.3 is 0 Å². The van der Waals surface area contributed by atoms with Crippen LogP contribution in [-0.2, 0) is 9.47 Å². The molecule has 7 heteroatoms. The Morgan fingerprint density at radius 2 is 1.85 bits per heavy atom. The molecule has 0 bridgehead atoms. The van der Waals surface area contributed by atoms with Crippen molar-refractivity contribution in [2.45, 2.75) is 31.7 Å². The lowest BCUT2D eigenvalue weighted by molar-refractivity contribution is 0.0131. The molecule has 5 rings (SSSR count). The number of rotatable bonds is 3. The monoisotopic (exact) mass is 464 g/mol. The van der Waals surface area contributed by atoms with E-state index in [2.05, 4.69) is 62.5 Å². The SMILES string of the molecule is Brc1cccc2c1Sc1ccc(NC3COC[C@H]3N3CCOCC3)cc1S2. The highest BCUT2D eigenvalue weighted by Crippen LogP contribution is 2.51. The van der Waals surface area contributed by atoms with Crippen LogP contribution in [0.1, 0.15) is 0 Å². The Kier molecular flexibility index (Phi) is 5.41. The molecule has 0 aromatic heterocycles. The van der Waals surface area contributed by atoms with Gasteiger partial charge in [0, 0.05) is 42.8 Å². The second kappa shape index (κ2) is 7.97. The molecule has 4 nitrogen and oxygen atoms in total. The summed E-state index contributed by atoms with van der Waals surface area (Å²) in [5, 5.41) is 3.73. The summed E-state index contributed by atoms with van der Waals surface area (Å²) < 4.78 is 12.5. The van der Waals surface area contributed by atoms with Crippen LogP contribution in [0.5, 0.6) is 0 Å². The van der Waals surface area contributed by atoms with E-state index in [0.717, 1.165) is 39.5 Å². The molecule has 2 saturated heterocycles. The van der Waals surface area contributed by atoms with Gasteiger partial charge in [-0.25, -0.2) is 0 Å². The summed E-state index contributed by atoms with van der Waals surface area (Å²) in [5.74, 6) is 0. The lowest BCUT2D eigenvalue weighted by Gasteiger charge is -2.35. The molecule has 2 fully saturated rings. The van der Waals surface area contributed by atoms with E-state index in [-0.39, 0.29) is 0 Å². The Morgan fingerprint density at radius 3 is 2.74 bits per heavy atom. The number of morpholine rings is 1. The van der Waals surface area contributed by atoms with Crippen LogP contribution >= 0.6 is 39.5 Å². The second-order valence-electron chi connectivity index (χ2n) is 6.94. The summed E-state index contributed by atoms with van der Waals surface area (Å²) >= 11 is 7.37. The molecule has 1 unspecified atom stereocenters. The molecule has 2 atom stereocenters. The maximum atomic E-state index is 5.81. The Balaban J connectivity index is 1.33. The minimum absolute atomic E-state index is 0.323. The average molecular weight is 465 g/mol. The van der Waals surface area contributed by atoms with E-state index >= 15 is 0 Å². The first-order valence-electron chi connectivity index (χ1n) is 9.22. The predicted octanol–water partition coefficient (Wildman–Crippen LogP) is 4.58. The molecular weight excluding hydrogens is 444 g/mol. The highest BCUT2D eigenvalue weighted by molar-refractivity contribution is 9.10. The predicted molar refractivity (Wildman–Crippen MR) is 113 cm³/mol. The van der Waals surface area contributed by atoms with E-state index in [0.29, 0.717) is 12.1 Å². The maximum absolute atomic E-state index is 5.81. The van der Waals surface area contributed by atoms with E-state index in [9.17, 15) is 0 Å². The first-order valence-corrected chi connectivity index (χ1v) is 11.6. The zero-order valence-electron chi connectivity index (χ0n) is 14.8. The second-order valence-corrected chi connectivity index (χ2v) is 9.93. The maximum Gasteiger partial charge on any atom is 0.0684 e. The van der Waals surface area contributed by atoms with Gasteiger partial charge < -0.3 is 14.8 Å². The normalized spacial score (nSPS) is 25.1. The number of nitrogens with zero attached hydrogens (tertiary/aromatic N) is 1. The van der Waals surface area contributed by atoms with Crippen LogP contribution in [0.2, 0.25) is 0 Å². The zero-order chi connectivity index (χ0) is 18.2. The lowest BCUT2D eigenvalue weighted by Crippen LogP contribution is -2.50. The molecule has 0 spiro atoms. The molecule has 2 aromatic carbocycles. The van der Waals surface area contributed by atoms with Gasteiger partial charge in [0.2, 0.25) is 0 Å². The van der Waals surface area contributed by atoms with E-state index in [1.807, 2.05) is 23.5 Å². The van der Waals surface area contributed by atoms with Gasteiger partial charge in [-0.3, -0.25) is 4.90 Å². The molecular formula is C20H21BrN2O2S2. The average Bonchev–Trinajstić information content (AvgIpc) is 3.16. The van der Waals surface area contributed by atoms with E-state index in [4.69, 9.17) is 9.47 Å². The number of hydrogen-bond donors (Lipinski definition) is 1. The molecule has 142 valence electrons. The number of nitrogens with one attached hydrogen (secondary N) is 1. The lowest BCUT2D eigenvalue weighted by atomic mass is 10.1. The van der Waals surface area contributed by atoms with Gasteiger partial charge in [-0.15, -0.1) is 0 Å². The number of fused-ring (bicyclic) bond motifs is 2. The fourth-order valence-electron chi connectivity index (χ4n) is 3.82. The van der Waals surface area contributed by atoms with Gasteiger partial charge in [-0.1, -0.05) is 29.6 Å². The minimum atomic E-state index is 0.323. The molecule has 1 N–H and O–H groups in total. The molecule has 2 aromatic rings. The molecule has 3 aliphatic heterocycles. The van der Waals surface area contributed by atoms with Crippen LogP contribution in [0.15, 0.2) is 60.5 Å². The summed E-state index contributed by atoms with van der Waals surface area (Å²) in [6, 6.07) is 13.9. The number of halogens is 1. The molecule has 27 heavy (non-hydrogen) atoms. The van der Waals surface area contributed by atoms with Gasteiger partial charge in [0.1, 0.15) is 0 Å². The minimum Gasteiger partial charge on any atom is -0.379 e. The Morgan fingerprint density at radius 1 is 0.963 bits per heavy atom. The standard InChI is InChI=1S/C20H21BrN2O2S2/c21-14-2-1-3-18-20(14)27-17-5-4-13(10-19(17)26-18)22-15-11-25-12-16(15)23-6-8-24-9-7-23/h1-5,10,15-16,22H,6-9,11-12H2/t15?,16-/m1/s1. The summed E-state index contributed by atoms with van der Waals surface area (Å²) in [6.07, 6.45) is 0. The smallest absolute Gasteiger partial charge is 0.0684 e. The van der Waals surface area contributed by atoms with Crippen molar-refractivity contribution in [2.75, 3.05) is 44.8 Å². The first kappa shape index (κ1) is 18.3. The van der Waals surface area contributed by atoms with Gasteiger partial charge in [-0.05, 0) is 46.3 Å². The summed E-state index contributed by atoms with van der Waals surface area (Å²) in [4.78, 5) is 7.77. The summed E-state index contributed by atoms with van der Waals surface area (Å²) in [7, 11) is 0. The van der Waals surface area contributed by atoms with Crippen molar-refractivity contribution < 1.29 is 9.47 Å². The number of ether oxygens (including phenoxy) is 2. The zero-order valence-corrected chi connectivity index (χ0v) is 18.0. The van der Waals surface area contributed by atoms with Crippen LogP contribution in [0.4, 0.5) is 5.69 Å². The molecule has 0 saturated carbocycles. The van der Waals surface area contributed by atoms with Crippen molar-refractivity contribution in [1.29, 1.82) is 0 Å². The molecule has 0 amide bonds. The van der Waals surface area contributed by atoms with Gasteiger partial charge in [0.05, 0.1) is 38.5 Å². The number of benzene rings is 2. The third kappa shape index (κ3) is 3.78. The van der Waals surface area contributed by atoms with E-state index in [1.54, 1.807) is 0 Å². The van der Waals surface area contributed by atoms with Crippen molar-refractivity contribution in [3.05, 3.63) is 40.9 Å². The largest absolute Gasteiger partial charge is 0.379 e. The number of anilines is 1. The Hall–Kier alpha value is -0.700. The van der Waals surface area contributed by atoms with Crippen molar-refractivity contribution in [2.24, 2.45) is 0 Å². The van der Waals surface area contributed by atoms with Crippen molar-refractivity contribution in [1.82, 2.24) is 4.90 Å². The quantitative estimate of drug-likeness (QED) is 0.610. The third-order valence-electron chi connectivity index (χ3n) is 5.22. The van der Waals surface area contributed by atoms with Crippen LogP contribution in [0, 0.1) is 0 Å². The molecule has 0 radical (unpaired) electrons. The highest BCUT2D eigenvalue weighted by Gasteiger charge is 2.34. The molecule has 3 heterocycles. The van der Waals surface area contributed by atoms with E-state index in [1.165, 1.54) is 29.7 Å². The van der Waals surface area contributed by atoms with Gasteiger partial charge in [-0.2, -0.15) is 0 Å². The fraction of sp³-hybridized carbons (Fsp3) is 0.400. The first-order chi connectivity index (χ1) is 13.3. The fourth-order valence-corrected chi connectivity index (χ4v) is 6.85. The van der Waals surface area contributed by atoms with Gasteiger partial charge in [0.15, 0.2) is 0 Å². The van der Waals surface area contributed by atoms with Gasteiger partial charge in [0.25, 0.3) is 0 Å². The van der Waals surface area contributed by atoms with Crippen LogP contribution in [0.25, 0.3) is 0 Å². The van der Waals surface area contributed by atoms with Crippen molar-refractivity contribution in [3.63, 3.8) is 0 Å². The van der Waals surface area contributed by atoms with Crippen LogP contribution in [0.3, 0.4) is 0 Å². The highest BCUT2D eigenvalue weighted by atomic mass is 79.9. The van der Waals surface area contributed by atoms with Crippen LogP contribution in [-0.4, -0.2) is 56.5 Å². The Bertz CT molecular complexity index is 845. The molecule has 0 aliphatic carbocycles. The topological polar surface area (TPSA) is 33.7 Å². The molecule has 3 aliphatic rings. The Labute approximate surface area is 176 Å². The summed E-state index contributed by atoms with van der Waals surface area (Å²) in [5.41, 5.74) is 1.18. The van der Waals surface area contributed by atoms with E-state index < -0.39 is 0 Å². The van der Waals surface area contributed by atoms with Crippen LogP contribution < -0.4 is 5.32 Å². The number of hydrogen-bond acceptors (Lipinski definition) is 6.